The van der Waals surface area contributed by atoms with E-state index in [-0.39, 0.29) is 18.0 Å². The third kappa shape index (κ3) is 6.05. The normalized spacial score (nSPS) is 12.9. The SMILES string of the molecule is CC(C)COP(=O)(Cc1ccc(C(=O)Nc2cc(-c3cccs3)ccc2N)cc1)c1ccccc1N. The number of rotatable bonds is 9. The second kappa shape index (κ2) is 11.1. The molecule has 6 nitrogen and oxygen atoms in total. The van der Waals surface area contributed by atoms with E-state index in [1.165, 1.54) is 0 Å². The molecule has 0 aliphatic rings. The molecule has 0 spiro atoms. The van der Waals surface area contributed by atoms with Crippen LogP contribution in [0.2, 0.25) is 0 Å². The van der Waals surface area contributed by atoms with Gasteiger partial charge in [-0.2, -0.15) is 0 Å². The summed E-state index contributed by atoms with van der Waals surface area (Å²) in [5.74, 6) is -0.0526. The molecular weight excluding hydrogens is 489 g/mol. The molecule has 0 saturated carbocycles. The first kappa shape index (κ1) is 25.7. The van der Waals surface area contributed by atoms with Crippen molar-refractivity contribution in [1.82, 2.24) is 0 Å². The molecule has 1 atom stereocenters. The van der Waals surface area contributed by atoms with Crippen LogP contribution in [0.1, 0.15) is 29.8 Å². The standard InChI is InChI=1S/C28H30N3O3PS/c1-19(2)17-34-35(33,26-7-4-3-6-24(26)30)18-20-9-11-21(12-10-20)28(32)31-25-16-22(13-14-23(25)29)27-8-5-15-36-27/h3-16,19H,17-18,29-30H2,1-2H3,(H,31,32). The van der Waals surface area contributed by atoms with Crippen molar-refractivity contribution in [3.8, 4) is 10.4 Å². The van der Waals surface area contributed by atoms with Gasteiger partial charge in [-0.05, 0) is 64.9 Å². The molecule has 186 valence electrons. The van der Waals surface area contributed by atoms with Crippen molar-refractivity contribution in [2.45, 2.75) is 20.0 Å². The van der Waals surface area contributed by atoms with Gasteiger partial charge in [0.25, 0.3) is 5.91 Å². The predicted octanol–water partition coefficient (Wildman–Crippen LogP) is 6.61. The summed E-state index contributed by atoms with van der Waals surface area (Å²) in [5, 5.41) is 5.43. The second-order valence-electron chi connectivity index (χ2n) is 9.01. The molecule has 1 unspecified atom stereocenters. The Bertz CT molecular complexity index is 1390. The summed E-state index contributed by atoms with van der Waals surface area (Å²) in [6.07, 6.45) is 0.186. The zero-order chi connectivity index (χ0) is 25.7. The van der Waals surface area contributed by atoms with Crippen LogP contribution in [-0.4, -0.2) is 12.5 Å². The molecule has 0 aliphatic heterocycles. The number of nitrogens with two attached hydrogens (primary N) is 2. The molecule has 5 N–H and O–H groups in total. The van der Waals surface area contributed by atoms with Crippen molar-refractivity contribution in [2.24, 2.45) is 5.92 Å². The number of benzene rings is 3. The molecule has 1 amide bonds. The minimum Gasteiger partial charge on any atom is -0.398 e. The number of nitrogen functional groups attached to an aromatic ring is 2. The number of anilines is 3. The summed E-state index contributed by atoms with van der Waals surface area (Å²) in [4.78, 5) is 14.0. The van der Waals surface area contributed by atoms with Crippen molar-refractivity contribution < 1.29 is 13.9 Å². The van der Waals surface area contributed by atoms with E-state index in [2.05, 4.69) is 5.32 Å². The third-order valence-corrected chi connectivity index (χ3v) is 9.04. The van der Waals surface area contributed by atoms with Gasteiger partial charge in [-0.25, -0.2) is 0 Å². The van der Waals surface area contributed by atoms with E-state index >= 15 is 0 Å². The maximum atomic E-state index is 13.9. The Kier molecular flexibility index (Phi) is 7.94. The predicted molar refractivity (Wildman–Crippen MR) is 151 cm³/mol. The Balaban J connectivity index is 1.52. The number of para-hydroxylation sites is 1. The maximum Gasteiger partial charge on any atom is 0.255 e. The Morgan fingerprint density at radius 1 is 0.972 bits per heavy atom. The highest BCUT2D eigenvalue weighted by Crippen LogP contribution is 2.50. The van der Waals surface area contributed by atoms with E-state index in [4.69, 9.17) is 16.0 Å². The van der Waals surface area contributed by atoms with E-state index in [1.54, 1.807) is 53.8 Å². The molecular formula is C28H30N3O3PS. The first-order valence-electron chi connectivity index (χ1n) is 11.7. The van der Waals surface area contributed by atoms with Gasteiger partial charge in [0.15, 0.2) is 0 Å². The van der Waals surface area contributed by atoms with Gasteiger partial charge in [0.1, 0.15) is 0 Å². The molecule has 1 aromatic heterocycles. The van der Waals surface area contributed by atoms with Gasteiger partial charge in [-0.3, -0.25) is 9.36 Å². The zero-order valence-corrected chi connectivity index (χ0v) is 22.0. The van der Waals surface area contributed by atoms with Crippen LogP contribution in [0, 0.1) is 5.92 Å². The van der Waals surface area contributed by atoms with Crippen LogP contribution in [0.25, 0.3) is 10.4 Å². The molecule has 0 saturated heterocycles. The lowest BCUT2D eigenvalue weighted by Gasteiger charge is -2.22. The molecule has 36 heavy (non-hydrogen) atoms. The zero-order valence-electron chi connectivity index (χ0n) is 20.3. The Morgan fingerprint density at radius 2 is 1.72 bits per heavy atom. The van der Waals surface area contributed by atoms with Crippen molar-refractivity contribution >= 4 is 47.0 Å². The van der Waals surface area contributed by atoms with Gasteiger partial charge in [0.05, 0.1) is 29.4 Å². The Labute approximate surface area is 215 Å². The van der Waals surface area contributed by atoms with Crippen LogP contribution in [0.15, 0.2) is 84.2 Å². The quantitative estimate of drug-likeness (QED) is 0.170. The molecule has 3 aromatic carbocycles. The van der Waals surface area contributed by atoms with E-state index in [0.717, 1.165) is 16.0 Å². The monoisotopic (exact) mass is 519 g/mol. The molecule has 0 aliphatic carbocycles. The highest BCUT2D eigenvalue weighted by molar-refractivity contribution is 7.66. The summed E-state index contributed by atoms with van der Waals surface area (Å²) >= 11 is 1.62. The fourth-order valence-corrected chi connectivity index (χ4v) is 6.86. The van der Waals surface area contributed by atoms with E-state index < -0.39 is 7.37 Å². The van der Waals surface area contributed by atoms with Gasteiger partial charge < -0.3 is 21.3 Å². The van der Waals surface area contributed by atoms with Crippen LogP contribution in [0.3, 0.4) is 0 Å². The smallest absolute Gasteiger partial charge is 0.255 e. The van der Waals surface area contributed by atoms with Crippen LogP contribution >= 0.6 is 18.7 Å². The van der Waals surface area contributed by atoms with Crippen LogP contribution in [-0.2, 0) is 15.3 Å². The minimum atomic E-state index is -3.26. The first-order chi connectivity index (χ1) is 17.2. The topological polar surface area (TPSA) is 107 Å². The Hall–Kier alpha value is -3.38. The number of hydrogen-bond donors (Lipinski definition) is 3. The number of carbonyl (C=O) groups is 1. The first-order valence-corrected chi connectivity index (χ1v) is 14.4. The van der Waals surface area contributed by atoms with Crippen LogP contribution < -0.4 is 22.1 Å². The summed E-state index contributed by atoms with van der Waals surface area (Å²) in [7, 11) is -3.26. The lowest BCUT2D eigenvalue weighted by atomic mass is 10.1. The minimum absolute atomic E-state index is 0.186. The third-order valence-electron chi connectivity index (χ3n) is 5.63. The van der Waals surface area contributed by atoms with Crippen molar-refractivity contribution in [3.63, 3.8) is 0 Å². The van der Waals surface area contributed by atoms with Gasteiger partial charge in [0.2, 0.25) is 7.37 Å². The van der Waals surface area contributed by atoms with Gasteiger partial charge in [-0.15, -0.1) is 11.3 Å². The maximum absolute atomic E-state index is 13.9. The van der Waals surface area contributed by atoms with Gasteiger partial charge in [0, 0.05) is 16.1 Å². The molecule has 0 radical (unpaired) electrons. The average molecular weight is 520 g/mol. The number of nitrogens with one attached hydrogen (secondary N) is 1. The van der Waals surface area contributed by atoms with Crippen molar-refractivity contribution in [2.75, 3.05) is 23.4 Å². The average Bonchev–Trinajstić information content (AvgIpc) is 3.40. The summed E-state index contributed by atoms with van der Waals surface area (Å²) in [5.41, 5.74) is 16.0. The van der Waals surface area contributed by atoms with E-state index in [0.29, 0.717) is 34.5 Å². The molecule has 4 rings (SSSR count). The second-order valence-corrected chi connectivity index (χ2v) is 12.4. The van der Waals surface area contributed by atoms with Crippen molar-refractivity contribution in [1.29, 1.82) is 0 Å². The summed E-state index contributed by atoms with van der Waals surface area (Å²) in [6, 6.07) is 23.7. The fourth-order valence-electron chi connectivity index (χ4n) is 3.72. The fraction of sp³-hybridized carbons (Fsp3) is 0.179. The molecule has 1 heterocycles. The summed E-state index contributed by atoms with van der Waals surface area (Å²) in [6.45, 7) is 4.38. The molecule has 0 fully saturated rings. The van der Waals surface area contributed by atoms with E-state index in [9.17, 15) is 9.36 Å². The number of carbonyl (C=O) groups excluding carboxylic acids is 1. The Morgan fingerprint density at radius 3 is 2.39 bits per heavy atom. The largest absolute Gasteiger partial charge is 0.398 e. The molecule has 0 bridgehead atoms. The molecule has 4 aromatic rings. The summed E-state index contributed by atoms with van der Waals surface area (Å²) < 4.78 is 19.9. The highest BCUT2D eigenvalue weighted by Gasteiger charge is 2.29. The lowest BCUT2D eigenvalue weighted by molar-refractivity contribution is 0.102. The number of hydrogen-bond acceptors (Lipinski definition) is 6. The van der Waals surface area contributed by atoms with Gasteiger partial charge in [-0.1, -0.05) is 50.2 Å². The lowest BCUT2D eigenvalue weighted by Crippen LogP contribution is -2.16. The van der Waals surface area contributed by atoms with Crippen molar-refractivity contribution in [3.05, 3.63) is 95.4 Å². The highest BCUT2D eigenvalue weighted by atomic mass is 32.1. The van der Waals surface area contributed by atoms with Crippen LogP contribution in [0.5, 0.6) is 0 Å². The van der Waals surface area contributed by atoms with E-state index in [1.807, 2.05) is 55.6 Å². The number of amides is 1. The molecule has 8 heteroatoms. The van der Waals surface area contributed by atoms with Gasteiger partial charge >= 0.3 is 0 Å². The number of thiophene rings is 1. The van der Waals surface area contributed by atoms with Crippen LogP contribution in [0.4, 0.5) is 17.1 Å².